The summed E-state index contributed by atoms with van der Waals surface area (Å²) in [6.07, 6.45) is 2.91. The molecule has 1 atom stereocenters. The molecule has 1 aromatic carbocycles. The Kier molecular flexibility index (Phi) is 7.22. The Morgan fingerprint density at radius 1 is 1.25 bits per heavy atom. The summed E-state index contributed by atoms with van der Waals surface area (Å²) in [5, 5.41) is 12.3. The van der Waals surface area contributed by atoms with Crippen molar-refractivity contribution in [3.05, 3.63) is 29.3 Å². The molecule has 1 unspecified atom stereocenters. The van der Waals surface area contributed by atoms with E-state index in [1.165, 1.54) is 0 Å². The molecule has 6 nitrogen and oxygen atoms in total. The van der Waals surface area contributed by atoms with Gasteiger partial charge in [0.15, 0.2) is 0 Å². The van der Waals surface area contributed by atoms with Gasteiger partial charge in [-0.05, 0) is 62.3 Å². The summed E-state index contributed by atoms with van der Waals surface area (Å²) in [5.74, 6) is -0.724. The summed E-state index contributed by atoms with van der Waals surface area (Å²) >= 11 is 0. The third kappa shape index (κ3) is 4.91. The van der Waals surface area contributed by atoms with Crippen molar-refractivity contribution in [1.29, 1.82) is 0 Å². The summed E-state index contributed by atoms with van der Waals surface area (Å²) in [5.41, 5.74) is 0.976. The maximum atomic E-state index is 12.7. The molecule has 0 radical (unpaired) electrons. The predicted octanol–water partition coefficient (Wildman–Crippen LogP) is 4.09. The highest BCUT2D eigenvalue weighted by Gasteiger charge is 2.37. The lowest BCUT2D eigenvalue weighted by Gasteiger charge is -2.31. The van der Waals surface area contributed by atoms with Gasteiger partial charge in [0, 0.05) is 30.8 Å². The summed E-state index contributed by atoms with van der Waals surface area (Å²) in [7, 11) is 0. The molecule has 2 amide bonds. The van der Waals surface area contributed by atoms with Gasteiger partial charge in [0.05, 0.1) is 5.41 Å². The summed E-state index contributed by atoms with van der Waals surface area (Å²) in [4.78, 5) is 38.7. The molecule has 0 aliphatic carbocycles. The van der Waals surface area contributed by atoms with E-state index in [4.69, 9.17) is 0 Å². The third-order valence-electron chi connectivity index (χ3n) is 6.00. The van der Waals surface area contributed by atoms with Crippen molar-refractivity contribution in [2.45, 2.75) is 59.8 Å². The van der Waals surface area contributed by atoms with Crippen molar-refractivity contribution < 1.29 is 19.5 Å². The minimum Gasteiger partial charge on any atom is -0.481 e. The van der Waals surface area contributed by atoms with Gasteiger partial charge >= 0.3 is 5.97 Å². The monoisotopic (exact) mass is 388 g/mol. The zero-order valence-electron chi connectivity index (χ0n) is 17.4. The molecule has 0 spiro atoms. The normalized spacial score (nSPS) is 17.3. The molecule has 6 heteroatoms. The summed E-state index contributed by atoms with van der Waals surface area (Å²) in [6.45, 7) is 9.14. The highest BCUT2D eigenvalue weighted by atomic mass is 16.4. The van der Waals surface area contributed by atoms with Gasteiger partial charge in [-0.15, -0.1) is 0 Å². The number of nitrogens with one attached hydrogen (secondary N) is 1. The van der Waals surface area contributed by atoms with Crippen molar-refractivity contribution in [2.75, 3.05) is 18.4 Å². The highest BCUT2D eigenvalue weighted by Crippen LogP contribution is 2.31. The summed E-state index contributed by atoms with van der Waals surface area (Å²) in [6, 6.07) is 5.25. The Hall–Kier alpha value is -2.37. The van der Waals surface area contributed by atoms with Gasteiger partial charge in [0.2, 0.25) is 5.91 Å². The molecule has 2 N–H and O–H groups in total. The molecule has 1 aliphatic rings. The van der Waals surface area contributed by atoms with Crippen LogP contribution in [-0.4, -0.2) is 40.9 Å². The van der Waals surface area contributed by atoms with E-state index in [-0.39, 0.29) is 18.2 Å². The fraction of sp³-hybridized carbons (Fsp3) is 0.591. The molecule has 1 aromatic rings. The molecular formula is C22H32N2O4. The number of nitrogens with zero attached hydrogens (tertiary/aromatic N) is 1. The maximum Gasteiger partial charge on any atom is 0.310 e. The number of anilines is 1. The minimum atomic E-state index is -1.04. The maximum absolute atomic E-state index is 12.7. The fourth-order valence-electron chi connectivity index (χ4n) is 3.87. The number of likely N-dealkylation sites (tertiary alicyclic amines) is 1. The number of piperidine rings is 1. The van der Waals surface area contributed by atoms with Crippen LogP contribution in [0, 0.1) is 18.3 Å². The van der Waals surface area contributed by atoms with Gasteiger partial charge in [0.25, 0.3) is 5.91 Å². The molecule has 0 saturated carbocycles. The van der Waals surface area contributed by atoms with Gasteiger partial charge in [0.1, 0.15) is 0 Å². The number of carboxylic acids is 1. The van der Waals surface area contributed by atoms with E-state index in [9.17, 15) is 19.5 Å². The number of carbonyl (C=O) groups is 3. The van der Waals surface area contributed by atoms with Crippen molar-refractivity contribution in [3.8, 4) is 0 Å². The van der Waals surface area contributed by atoms with Crippen LogP contribution in [0.15, 0.2) is 18.2 Å². The van der Waals surface area contributed by atoms with E-state index in [0.29, 0.717) is 30.0 Å². The van der Waals surface area contributed by atoms with E-state index in [2.05, 4.69) is 12.2 Å². The number of hydrogen-bond donors (Lipinski definition) is 2. The second kappa shape index (κ2) is 9.22. The molecule has 1 heterocycles. The van der Waals surface area contributed by atoms with Crippen molar-refractivity contribution in [1.82, 2.24) is 4.90 Å². The van der Waals surface area contributed by atoms with E-state index in [0.717, 1.165) is 31.5 Å². The highest BCUT2D eigenvalue weighted by molar-refractivity contribution is 5.97. The van der Waals surface area contributed by atoms with Crippen LogP contribution in [0.4, 0.5) is 5.69 Å². The van der Waals surface area contributed by atoms with E-state index < -0.39 is 11.4 Å². The number of rotatable bonds is 7. The second-order valence-electron chi connectivity index (χ2n) is 8.05. The number of aliphatic carboxylic acids is 1. The fourth-order valence-corrected chi connectivity index (χ4v) is 3.87. The Balaban J connectivity index is 2.08. The largest absolute Gasteiger partial charge is 0.481 e. The molecule has 0 bridgehead atoms. The zero-order chi connectivity index (χ0) is 20.9. The van der Waals surface area contributed by atoms with Crippen LogP contribution in [0.5, 0.6) is 0 Å². The van der Waals surface area contributed by atoms with Crippen molar-refractivity contribution in [2.24, 2.45) is 11.3 Å². The first-order valence-corrected chi connectivity index (χ1v) is 10.2. The standard InChI is InChI=1S/C22H32N2O4/c1-5-22(6-2,21(27)28)13-19(25)23-18-10-9-17(12-16(18)4)20(26)24-11-7-8-15(3)14-24/h9-10,12,15H,5-8,11,13-14H2,1-4H3,(H,23,25)(H,27,28). The van der Waals surface area contributed by atoms with Crippen LogP contribution in [0.3, 0.4) is 0 Å². The molecule has 2 rings (SSSR count). The van der Waals surface area contributed by atoms with Gasteiger partial charge in [-0.3, -0.25) is 14.4 Å². The number of benzene rings is 1. The number of carboxylic acid groups (broad SMARTS) is 1. The van der Waals surface area contributed by atoms with E-state index >= 15 is 0 Å². The van der Waals surface area contributed by atoms with Crippen LogP contribution >= 0.6 is 0 Å². The number of carbonyl (C=O) groups excluding carboxylic acids is 2. The molecular weight excluding hydrogens is 356 g/mol. The first-order valence-electron chi connectivity index (χ1n) is 10.2. The molecule has 1 saturated heterocycles. The third-order valence-corrected chi connectivity index (χ3v) is 6.00. The molecule has 0 aromatic heterocycles. The molecule has 1 fully saturated rings. The van der Waals surface area contributed by atoms with Gasteiger partial charge < -0.3 is 15.3 Å². The quantitative estimate of drug-likeness (QED) is 0.737. The van der Waals surface area contributed by atoms with Gasteiger partial charge in [-0.1, -0.05) is 20.8 Å². The SMILES string of the molecule is CCC(CC)(CC(=O)Nc1ccc(C(=O)N2CCCC(C)C2)cc1C)C(=O)O. The lowest BCUT2D eigenvalue weighted by atomic mass is 9.79. The minimum absolute atomic E-state index is 0.0226. The first kappa shape index (κ1) is 21.9. The topological polar surface area (TPSA) is 86.7 Å². The lowest BCUT2D eigenvalue weighted by Crippen LogP contribution is -2.39. The number of amides is 2. The Labute approximate surface area is 167 Å². The average Bonchev–Trinajstić information content (AvgIpc) is 2.67. The number of hydrogen-bond acceptors (Lipinski definition) is 3. The van der Waals surface area contributed by atoms with Crippen LogP contribution in [0.25, 0.3) is 0 Å². The van der Waals surface area contributed by atoms with Crippen LogP contribution in [-0.2, 0) is 9.59 Å². The molecule has 1 aliphatic heterocycles. The summed E-state index contributed by atoms with van der Waals surface area (Å²) < 4.78 is 0. The zero-order valence-corrected chi connectivity index (χ0v) is 17.4. The van der Waals surface area contributed by atoms with Crippen molar-refractivity contribution >= 4 is 23.5 Å². The second-order valence-corrected chi connectivity index (χ2v) is 8.05. The van der Waals surface area contributed by atoms with Crippen LogP contribution < -0.4 is 5.32 Å². The van der Waals surface area contributed by atoms with E-state index in [1.54, 1.807) is 32.0 Å². The number of aryl methyl sites for hydroxylation is 1. The predicted molar refractivity (Wildman–Crippen MR) is 109 cm³/mol. The van der Waals surface area contributed by atoms with Gasteiger partial charge in [-0.2, -0.15) is 0 Å². The van der Waals surface area contributed by atoms with Crippen LogP contribution in [0.1, 0.15) is 68.8 Å². The Morgan fingerprint density at radius 2 is 1.93 bits per heavy atom. The Bertz CT molecular complexity index is 740. The lowest BCUT2D eigenvalue weighted by molar-refractivity contribution is -0.151. The molecule has 28 heavy (non-hydrogen) atoms. The van der Waals surface area contributed by atoms with Crippen LogP contribution in [0.2, 0.25) is 0 Å². The van der Waals surface area contributed by atoms with E-state index in [1.807, 2.05) is 11.8 Å². The Morgan fingerprint density at radius 3 is 2.46 bits per heavy atom. The van der Waals surface area contributed by atoms with Crippen molar-refractivity contribution in [3.63, 3.8) is 0 Å². The van der Waals surface area contributed by atoms with Gasteiger partial charge in [-0.25, -0.2) is 0 Å². The first-order chi connectivity index (χ1) is 13.2. The average molecular weight is 389 g/mol. The molecule has 154 valence electrons. The smallest absolute Gasteiger partial charge is 0.310 e.